The molecule has 140 valence electrons. The van der Waals surface area contributed by atoms with Crippen LogP contribution in [0.15, 0.2) is 48.7 Å². The van der Waals surface area contributed by atoms with Crippen LogP contribution in [0.5, 0.6) is 0 Å². The summed E-state index contributed by atoms with van der Waals surface area (Å²) in [4.78, 5) is 2.54. The Hall–Kier alpha value is -2.33. The van der Waals surface area contributed by atoms with Gasteiger partial charge in [-0.3, -0.25) is 0 Å². The number of halogens is 1. The maximum atomic E-state index is 14.2. The molecule has 1 aromatic heterocycles. The number of nitrogens with zero attached hydrogens (tertiary/aromatic N) is 2. The second-order valence-corrected chi connectivity index (χ2v) is 8.25. The first-order chi connectivity index (χ1) is 13.2. The van der Waals surface area contributed by atoms with Crippen LogP contribution in [0.25, 0.3) is 16.6 Å². The number of hydrogen-bond acceptors (Lipinski definition) is 2. The molecule has 5 rings (SSSR count). The van der Waals surface area contributed by atoms with E-state index in [0.29, 0.717) is 10.8 Å². The highest BCUT2D eigenvalue weighted by atomic mass is 19.1. The molecule has 2 aromatic carbocycles. The Kier molecular flexibility index (Phi) is 3.97. The first-order valence-electron chi connectivity index (χ1n) is 9.98. The number of aryl methyl sites for hydroxylation is 1. The molecular weight excluding hydrogens is 337 g/mol. The van der Waals surface area contributed by atoms with Gasteiger partial charge in [0.25, 0.3) is 0 Å². The van der Waals surface area contributed by atoms with Crippen LogP contribution < -0.4 is 10.2 Å². The molecule has 1 spiro atoms. The summed E-state index contributed by atoms with van der Waals surface area (Å²) in [5.74, 6) is -0.155. The minimum absolute atomic E-state index is 0.155. The summed E-state index contributed by atoms with van der Waals surface area (Å²) in [6.45, 7) is 6.62. The lowest BCUT2D eigenvalue weighted by molar-refractivity contribution is 0.232. The highest BCUT2D eigenvalue weighted by Gasteiger charge is 2.38. The maximum absolute atomic E-state index is 14.2. The topological polar surface area (TPSA) is 20.2 Å². The van der Waals surface area contributed by atoms with Crippen molar-refractivity contribution >= 4 is 16.6 Å². The number of anilines is 1. The van der Waals surface area contributed by atoms with Crippen LogP contribution in [0, 0.1) is 18.2 Å². The standard InChI is InChI=1S/C23H26FN3/c1-17-5-6-21(24)20-7-13-27(22(17)20)19-4-2-3-18(15-19)26-14-10-23(16-26)8-11-25-12-9-23/h2-7,13,15,25H,8-12,14,16H2,1H3. The van der Waals surface area contributed by atoms with Crippen molar-refractivity contribution in [3.8, 4) is 5.69 Å². The van der Waals surface area contributed by atoms with Crippen LogP contribution in [0.1, 0.15) is 24.8 Å². The predicted octanol–water partition coefficient (Wildman–Crippen LogP) is 4.66. The highest BCUT2D eigenvalue weighted by Crippen LogP contribution is 2.40. The molecule has 0 amide bonds. The summed E-state index contributed by atoms with van der Waals surface area (Å²) in [6, 6.07) is 14.0. The van der Waals surface area contributed by atoms with Gasteiger partial charge in [0.15, 0.2) is 0 Å². The molecule has 0 atom stereocenters. The van der Waals surface area contributed by atoms with E-state index in [0.717, 1.165) is 42.9 Å². The minimum Gasteiger partial charge on any atom is -0.371 e. The highest BCUT2D eigenvalue weighted by molar-refractivity contribution is 5.85. The van der Waals surface area contributed by atoms with Gasteiger partial charge in [0.05, 0.1) is 5.52 Å². The smallest absolute Gasteiger partial charge is 0.132 e. The third-order valence-electron chi connectivity index (χ3n) is 6.57. The van der Waals surface area contributed by atoms with Gasteiger partial charge in [-0.15, -0.1) is 0 Å². The van der Waals surface area contributed by atoms with E-state index >= 15 is 0 Å². The lowest BCUT2D eigenvalue weighted by Crippen LogP contribution is -2.38. The normalized spacial score (nSPS) is 19.3. The molecule has 0 saturated carbocycles. The number of nitrogens with one attached hydrogen (secondary N) is 1. The quantitative estimate of drug-likeness (QED) is 0.715. The largest absolute Gasteiger partial charge is 0.371 e. The average Bonchev–Trinajstić information content (AvgIpc) is 3.32. The van der Waals surface area contributed by atoms with Gasteiger partial charge in [-0.05, 0) is 80.6 Å². The first-order valence-corrected chi connectivity index (χ1v) is 9.98. The third kappa shape index (κ3) is 2.83. The Morgan fingerprint density at radius 3 is 2.67 bits per heavy atom. The zero-order chi connectivity index (χ0) is 18.4. The Balaban J connectivity index is 1.49. The molecule has 2 aliphatic heterocycles. The number of hydrogen-bond donors (Lipinski definition) is 1. The van der Waals surface area contributed by atoms with Crippen LogP contribution >= 0.6 is 0 Å². The molecule has 2 aliphatic rings. The molecule has 4 heteroatoms. The van der Waals surface area contributed by atoms with Crippen molar-refractivity contribution in [3.05, 3.63) is 60.0 Å². The molecule has 27 heavy (non-hydrogen) atoms. The van der Waals surface area contributed by atoms with Gasteiger partial charge in [-0.25, -0.2) is 4.39 Å². The fourth-order valence-corrected chi connectivity index (χ4v) is 4.97. The number of rotatable bonds is 2. The molecular formula is C23H26FN3. The Morgan fingerprint density at radius 1 is 1.00 bits per heavy atom. The molecule has 0 aliphatic carbocycles. The van der Waals surface area contributed by atoms with Crippen LogP contribution in [0.3, 0.4) is 0 Å². The third-order valence-corrected chi connectivity index (χ3v) is 6.57. The Bertz CT molecular complexity index is 984. The van der Waals surface area contributed by atoms with E-state index in [4.69, 9.17) is 0 Å². The summed E-state index contributed by atoms with van der Waals surface area (Å²) in [5, 5.41) is 4.18. The fraction of sp³-hybridized carbons (Fsp3) is 0.391. The van der Waals surface area contributed by atoms with Gasteiger partial charge in [0.2, 0.25) is 0 Å². The van der Waals surface area contributed by atoms with E-state index in [-0.39, 0.29) is 5.82 Å². The van der Waals surface area contributed by atoms with Crippen LogP contribution in [0.2, 0.25) is 0 Å². The Labute approximate surface area is 159 Å². The number of benzene rings is 2. The summed E-state index contributed by atoms with van der Waals surface area (Å²) in [6.07, 6.45) is 5.83. The monoisotopic (exact) mass is 363 g/mol. The fourth-order valence-electron chi connectivity index (χ4n) is 4.97. The van der Waals surface area contributed by atoms with Crippen molar-refractivity contribution in [2.45, 2.75) is 26.2 Å². The van der Waals surface area contributed by atoms with Gasteiger partial charge < -0.3 is 14.8 Å². The molecule has 0 bridgehead atoms. The van der Waals surface area contributed by atoms with Gasteiger partial charge in [-0.1, -0.05) is 12.1 Å². The molecule has 3 aromatic rings. The van der Waals surface area contributed by atoms with Crippen LogP contribution in [-0.4, -0.2) is 30.7 Å². The number of fused-ring (bicyclic) bond motifs is 1. The predicted molar refractivity (Wildman–Crippen MR) is 109 cm³/mol. The molecule has 0 unspecified atom stereocenters. The van der Waals surface area contributed by atoms with Gasteiger partial charge in [0.1, 0.15) is 5.82 Å². The van der Waals surface area contributed by atoms with Crippen molar-refractivity contribution in [2.75, 3.05) is 31.1 Å². The van der Waals surface area contributed by atoms with Crippen molar-refractivity contribution in [1.82, 2.24) is 9.88 Å². The van der Waals surface area contributed by atoms with Crippen molar-refractivity contribution < 1.29 is 4.39 Å². The van der Waals surface area contributed by atoms with Gasteiger partial charge >= 0.3 is 0 Å². The number of piperidine rings is 1. The maximum Gasteiger partial charge on any atom is 0.132 e. The summed E-state index contributed by atoms with van der Waals surface area (Å²) >= 11 is 0. The second kappa shape index (κ2) is 6.38. The molecule has 2 saturated heterocycles. The van der Waals surface area contributed by atoms with Gasteiger partial charge in [0, 0.05) is 36.0 Å². The summed E-state index contributed by atoms with van der Waals surface area (Å²) in [5.41, 5.74) is 4.92. The zero-order valence-electron chi connectivity index (χ0n) is 15.8. The SMILES string of the molecule is Cc1ccc(F)c2ccn(-c3cccc(N4CCC5(CCNCC5)C4)c3)c12. The lowest BCUT2D eigenvalue weighted by Gasteiger charge is -2.34. The zero-order valence-corrected chi connectivity index (χ0v) is 15.8. The first kappa shape index (κ1) is 16.8. The molecule has 3 heterocycles. The van der Waals surface area contributed by atoms with E-state index < -0.39 is 0 Å². The van der Waals surface area contributed by atoms with E-state index in [2.05, 4.69) is 39.0 Å². The van der Waals surface area contributed by atoms with E-state index in [9.17, 15) is 4.39 Å². The summed E-state index contributed by atoms with van der Waals surface area (Å²) in [7, 11) is 0. The Morgan fingerprint density at radius 2 is 1.81 bits per heavy atom. The average molecular weight is 363 g/mol. The molecule has 0 radical (unpaired) electrons. The van der Waals surface area contributed by atoms with Gasteiger partial charge in [-0.2, -0.15) is 0 Å². The van der Waals surface area contributed by atoms with Crippen LogP contribution in [0.4, 0.5) is 10.1 Å². The van der Waals surface area contributed by atoms with E-state index in [1.54, 1.807) is 6.07 Å². The number of aromatic nitrogens is 1. The van der Waals surface area contributed by atoms with Crippen molar-refractivity contribution in [1.29, 1.82) is 0 Å². The molecule has 3 nitrogen and oxygen atoms in total. The van der Waals surface area contributed by atoms with E-state index in [1.807, 2.05) is 25.3 Å². The summed E-state index contributed by atoms with van der Waals surface area (Å²) < 4.78 is 16.3. The second-order valence-electron chi connectivity index (χ2n) is 8.25. The van der Waals surface area contributed by atoms with E-state index in [1.165, 1.54) is 24.9 Å². The molecule has 1 N–H and O–H groups in total. The lowest BCUT2D eigenvalue weighted by atomic mass is 9.78. The molecule has 2 fully saturated rings. The van der Waals surface area contributed by atoms with Crippen LogP contribution in [-0.2, 0) is 0 Å². The van der Waals surface area contributed by atoms with Crippen molar-refractivity contribution in [2.24, 2.45) is 5.41 Å². The minimum atomic E-state index is -0.155. The van der Waals surface area contributed by atoms with Crippen molar-refractivity contribution in [3.63, 3.8) is 0 Å².